The Kier molecular flexibility index (Phi) is 4.88. The van der Waals surface area contributed by atoms with Gasteiger partial charge in [0.2, 0.25) is 5.91 Å². The molecule has 2 heterocycles. The van der Waals surface area contributed by atoms with Crippen molar-refractivity contribution >= 4 is 45.6 Å². The number of benzene rings is 3. The fraction of sp³-hybridized carbons (Fsp3) is 0.167. The number of carbonyl (C=O) groups is 3. The Morgan fingerprint density at radius 2 is 1.38 bits per heavy atom. The van der Waals surface area contributed by atoms with Gasteiger partial charge in [0, 0.05) is 29.2 Å². The van der Waals surface area contributed by atoms with Crippen molar-refractivity contribution in [2.45, 2.75) is 20.8 Å². The Labute approximate surface area is 213 Å². The molecule has 37 heavy (non-hydrogen) atoms. The van der Waals surface area contributed by atoms with Gasteiger partial charge in [0.05, 0.1) is 5.57 Å². The van der Waals surface area contributed by atoms with Gasteiger partial charge in [-0.3, -0.25) is 14.4 Å². The molecule has 0 saturated heterocycles. The highest BCUT2D eigenvalue weighted by Gasteiger charge is 2.35. The fourth-order valence-corrected chi connectivity index (χ4v) is 4.77. The minimum Gasteiger partial charge on any atom is -0.310 e. The minimum absolute atomic E-state index is 0.00754. The molecule has 0 saturated carbocycles. The fourth-order valence-electron chi connectivity index (χ4n) is 4.77. The van der Waals surface area contributed by atoms with Crippen LogP contribution in [0.5, 0.6) is 0 Å². The summed E-state index contributed by atoms with van der Waals surface area (Å²) in [5, 5.41) is 1.77. The second kappa shape index (κ2) is 7.93. The zero-order chi connectivity index (χ0) is 26.1. The van der Waals surface area contributed by atoms with Gasteiger partial charge in [0.25, 0.3) is 0 Å². The normalized spacial score (nSPS) is 13.6. The van der Waals surface area contributed by atoms with Crippen molar-refractivity contribution in [3.63, 3.8) is 0 Å². The number of hydrogen-bond acceptors (Lipinski definition) is 5. The predicted molar refractivity (Wildman–Crippen MR) is 143 cm³/mol. The van der Waals surface area contributed by atoms with Crippen LogP contribution >= 0.6 is 0 Å². The van der Waals surface area contributed by atoms with E-state index in [2.05, 4.69) is 0 Å². The number of carbonyl (C=O) groups excluding carboxylic acids is 3. The van der Waals surface area contributed by atoms with E-state index in [0.29, 0.717) is 28.2 Å². The highest BCUT2D eigenvalue weighted by atomic mass is 16.2. The Morgan fingerprint density at radius 3 is 1.95 bits per heavy atom. The van der Waals surface area contributed by atoms with E-state index in [1.165, 1.54) is 10.6 Å². The quantitative estimate of drug-likeness (QED) is 0.234. The molecule has 2 aromatic heterocycles. The van der Waals surface area contributed by atoms with Crippen molar-refractivity contribution in [1.29, 1.82) is 0 Å². The molecule has 1 aliphatic rings. The van der Waals surface area contributed by atoms with Crippen LogP contribution in [0.2, 0.25) is 0 Å². The van der Waals surface area contributed by atoms with Crippen LogP contribution in [0.3, 0.4) is 0 Å². The molecule has 7 heteroatoms. The van der Waals surface area contributed by atoms with Crippen LogP contribution in [0.4, 0.5) is 0 Å². The molecule has 1 aliphatic carbocycles. The third kappa shape index (κ3) is 3.46. The molecule has 0 aliphatic heterocycles. The lowest BCUT2D eigenvalue weighted by Gasteiger charge is -2.17. The molecule has 0 radical (unpaired) electrons. The van der Waals surface area contributed by atoms with E-state index >= 15 is 0 Å². The van der Waals surface area contributed by atoms with Gasteiger partial charge >= 0.3 is 0 Å². The van der Waals surface area contributed by atoms with Gasteiger partial charge < -0.3 is 4.57 Å². The van der Waals surface area contributed by atoms with Gasteiger partial charge in [0.1, 0.15) is 11.6 Å². The monoisotopic (exact) mass is 488 g/mol. The number of rotatable bonds is 2. The number of fused-ring (bicyclic) bond motifs is 3. The van der Waals surface area contributed by atoms with Crippen molar-refractivity contribution in [1.82, 2.24) is 19.1 Å². The Morgan fingerprint density at radius 1 is 0.811 bits per heavy atom. The van der Waals surface area contributed by atoms with Crippen molar-refractivity contribution in [2.75, 3.05) is 0 Å². The van der Waals surface area contributed by atoms with Crippen molar-refractivity contribution in [3.8, 4) is 11.4 Å². The van der Waals surface area contributed by atoms with Gasteiger partial charge in [-0.2, -0.15) is 0 Å². The second-order valence-electron chi connectivity index (χ2n) is 10.3. The second-order valence-corrected chi connectivity index (χ2v) is 10.3. The smallest absolute Gasteiger partial charge is 0.239 e. The molecule has 0 amide bonds. The number of allylic oxidation sites excluding steroid dienone is 1. The lowest BCUT2D eigenvalue weighted by Crippen LogP contribution is -2.27. The van der Waals surface area contributed by atoms with Crippen LogP contribution in [-0.2, 0) is 7.05 Å². The number of imidazole rings is 2. The maximum atomic E-state index is 13.6. The Balaban J connectivity index is 1.55. The van der Waals surface area contributed by atoms with Gasteiger partial charge in [-0.15, -0.1) is 0 Å². The molecule has 0 spiro atoms. The average Bonchev–Trinajstić information content (AvgIpc) is 3.47. The lowest BCUT2D eigenvalue weighted by molar-refractivity contribution is 0.0769. The minimum atomic E-state index is -0.754. The van der Waals surface area contributed by atoms with Crippen LogP contribution in [0.25, 0.3) is 39.5 Å². The number of hydrogen-bond donors (Lipinski definition) is 0. The van der Waals surface area contributed by atoms with Crippen LogP contribution in [0.15, 0.2) is 72.3 Å². The summed E-state index contributed by atoms with van der Waals surface area (Å²) in [6, 6.07) is 20.8. The molecule has 7 nitrogen and oxygen atoms in total. The maximum Gasteiger partial charge on any atom is 0.239 e. The first-order chi connectivity index (χ1) is 17.6. The van der Waals surface area contributed by atoms with Crippen molar-refractivity contribution in [3.05, 3.63) is 89.3 Å². The standard InChI is InChI=1S/C30H24N4O3/c1-30(2,3)29(37)34-23(31-27-28(34)32-26(33(27)4)17-10-6-5-7-11-17)16-22-24(35)20-14-18-12-8-9-13-19(18)15-21(20)25(22)36/h5-16H,1-4H3. The highest BCUT2D eigenvalue weighted by Crippen LogP contribution is 2.33. The van der Waals surface area contributed by atoms with E-state index in [1.807, 2.05) is 87.0 Å². The number of ketones is 2. The summed E-state index contributed by atoms with van der Waals surface area (Å²) >= 11 is 0. The van der Waals surface area contributed by atoms with E-state index < -0.39 is 5.41 Å². The van der Waals surface area contributed by atoms with E-state index in [0.717, 1.165) is 16.3 Å². The zero-order valence-electron chi connectivity index (χ0n) is 20.9. The maximum absolute atomic E-state index is 13.6. The van der Waals surface area contributed by atoms with E-state index in [9.17, 15) is 14.4 Å². The largest absolute Gasteiger partial charge is 0.310 e. The van der Waals surface area contributed by atoms with Gasteiger partial charge in [-0.05, 0) is 29.0 Å². The molecule has 182 valence electrons. The van der Waals surface area contributed by atoms with E-state index in [-0.39, 0.29) is 28.9 Å². The summed E-state index contributed by atoms with van der Waals surface area (Å²) in [5.74, 6) is -0.0988. The molecule has 6 rings (SSSR count). The molecule has 0 unspecified atom stereocenters. The molecule has 3 aromatic carbocycles. The van der Waals surface area contributed by atoms with Crippen LogP contribution < -0.4 is 0 Å². The number of Topliss-reactive ketones (excluding diaryl/α,β-unsaturated/α-hetero) is 2. The lowest BCUT2D eigenvalue weighted by atomic mass is 9.95. The van der Waals surface area contributed by atoms with Gasteiger partial charge in [-0.25, -0.2) is 14.5 Å². The summed E-state index contributed by atoms with van der Waals surface area (Å²) in [5.41, 5.74) is 1.73. The molecule has 0 N–H and O–H groups in total. The Bertz CT molecular complexity index is 1760. The SMILES string of the molecule is Cn1c(-c2ccccc2)nc2c1nc(C=C1C(=O)c3cc4ccccc4cc3C1=O)n2C(=O)C(C)(C)C. The van der Waals surface area contributed by atoms with Crippen LogP contribution in [0.1, 0.15) is 52.1 Å². The summed E-state index contributed by atoms with van der Waals surface area (Å²) in [4.78, 5) is 49.8. The number of nitrogens with zero attached hydrogens (tertiary/aromatic N) is 4. The third-order valence-electron chi connectivity index (χ3n) is 6.72. The zero-order valence-corrected chi connectivity index (χ0v) is 20.9. The number of aromatic nitrogens is 4. The molecule has 0 fully saturated rings. The van der Waals surface area contributed by atoms with Crippen LogP contribution in [-0.4, -0.2) is 36.6 Å². The average molecular weight is 489 g/mol. The third-order valence-corrected chi connectivity index (χ3v) is 6.72. The van der Waals surface area contributed by atoms with Crippen molar-refractivity contribution < 1.29 is 14.4 Å². The van der Waals surface area contributed by atoms with Gasteiger partial charge in [-0.1, -0.05) is 75.4 Å². The summed E-state index contributed by atoms with van der Waals surface area (Å²) < 4.78 is 3.24. The molecular weight excluding hydrogens is 464 g/mol. The molecular formula is C30H24N4O3. The Hall–Kier alpha value is -4.65. The first-order valence-electron chi connectivity index (χ1n) is 12.0. The van der Waals surface area contributed by atoms with E-state index in [1.54, 1.807) is 12.1 Å². The predicted octanol–water partition coefficient (Wildman–Crippen LogP) is 5.74. The molecule has 0 atom stereocenters. The first kappa shape index (κ1) is 22.8. The molecule has 5 aromatic rings. The van der Waals surface area contributed by atoms with Crippen LogP contribution in [0, 0.1) is 5.41 Å². The van der Waals surface area contributed by atoms with Crippen molar-refractivity contribution in [2.24, 2.45) is 12.5 Å². The topological polar surface area (TPSA) is 86.8 Å². The number of aryl methyl sites for hydroxylation is 1. The first-order valence-corrected chi connectivity index (χ1v) is 12.0. The summed E-state index contributed by atoms with van der Waals surface area (Å²) in [6.07, 6.45) is 1.43. The highest BCUT2D eigenvalue weighted by molar-refractivity contribution is 6.42. The van der Waals surface area contributed by atoms with Gasteiger partial charge in [0.15, 0.2) is 22.9 Å². The summed E-state index contributed by atoms with van der Waals surface area (Å²) in [6.45, 7) is 5.44. The van der Waals surface area contributed by atoms with E-state index in [4.69, 9.17) is 9.97 Å². The summed E-state index contributed by atoms with van der Waals surface area (Å²) in [7, 11) is 1.83. The molecule has 0 bridgehead atoms.